The second-order valence-corrected chi connectivity index (χ2v) is 4.41. The SMILES string of the molecule is CC(C)[n+]1ccn(-c2ccc(C(F)(F)F)cc2)c1. The maximum Gasteiger partial charge on any atom is 0.416 e. The van der Waals surface area contributed by atoms with Crippen molar-refractivity contribution >= 4 is 0 Å². The molecule has 0 N–H and O–H groups in total. The summed E-state index contributed by atoms with van der Waals surface area (Å²) in [5, 5.41) is 0. The minimum Gasteiger partial charge on any atom is -0.234 e. The van der Waals surface area contributed by atoms with Gasteiger partial charge >= 0.3 is 6.18 Å². The fourth-order valence-electron chi connectivity index (χ4n) is 1.65. The van der Waals surface area contributed by atoms with Crippen molar-refractivity contribution in [3.63, 3.8) is 0 Å². The lowest BCUT2D eigenvalue weighted by Gasteiger charge is -2.05. The van der Waals surface area contributed by atoms with Gasteiger partial charge in [0.2, 0.25) is 6.33 Å². The standard InChI is InChI=1S/C13H14F3N2/c1-10(2)17-7-8-18(9-17)12-5-3-11(4-6-12)13(14,15)16/h3-10H,1-2H3/q+1. The Morgan fingerprint density at radius 3 is 2.17 bits per heavy atom. The molecular formula is C13H14F3N2+. The van der Waals surface area contributed by atoms with Crippen molar-refractivity contribution in [1.29, 1.82) is 0 Å². The molecule has 1 heterocycles. The average Bonchev–Trinajstić information content (AvgIpc) is 2.77. The Morgan fingerprint density at radius 1 is 1.11 bits per heavy atom. The summed E-state index contributed by atoms with van der Waals surface area (Å²) in [6.07, 6.45) is 1.28. The first-order valence-electron chi connectivity index (χ1n) is 5.64. The van der Waals surface area contributed by atoms with E-state index in [-0.39, 0.29) is 0 Å². The monoisotopic (exact) mass is 255 g/mol. The minimum absolute atomic E-state index is 0.320. The van der Waals surface area contributed by atoms with Crippen LogP contribution in [0.1, 0.15) is 25.5 Å². The quantitative estimate of drug-likeness (QED) is 0.727. The van der Waals surface area contributed by atoms with Gasteiger partial charge in [0.05, 0.1) is 11.6 Å². The van der Waals surface area contributed by atoms with Gasteiger partial charge in [-0.15, -0.1) is 0 Å². The van der Waals surface area contributed by atoms with Crippen molar-refractivity contribution in [2.24, 2.45) is 0 Å². The predicted molar refractivity (Wildman–Crippen MR) is 61.4 cm³/mol. The molecule has 1 aromatic carbocycles. The van der Waals surface area contributed by atoms with Crippen LogP contribution < -0.4 is 4.57 Å². The number of alkyl halides is 3. The normalized spacial score (nSPS) is 12.1. The van der Waals surface area contributed by atoms with E-state index in [1.807, 2.05) is 37.1 Å². The van der Waals surface area contributed by atoms with Crippen LogP contribution in [0.2, 0.25) is 0 Å². The van der Waals surface area contributed by atoms with E-state index >= 15 is 0 Å². The summed E-state index contributed by atoms with van der Waals surface area (Å²) in [6, 6.07) is 5.44. The van der Waals surface area contributed by atoms with Gasteiger partial charge in [-0.1, -0.05) is 0 Å². The molecule has 0 saturated heterocycles. The third kappa shape index (κ3) is 2.55. The highest BCUT2D eigenvalue weighted by atomic mass is 19.4. The fraction of sp³-hybridized carbons (Fsp3) is 0.308. The van der Waals surface area contributed by atoms with Crippen LogP contribution in [0.3, 0.4) is 0 Å². The molecule has 0 aliphatic rings. The number of nitrogens with zero attached hydrogens (tertiary/aromatic N) is 2. The van der Waals surface area contributed by atoms with Gasteiger partial charge in [-0.3, -0.25) is 0 Å². The number of rotatable bonds is 2. The molecule has 2 nitrogen and oxygen atoms in total. The molecule has 0 fully saturated rings. The molecule has 18 heavy (non-hydrogen) atoms. The zero-order valence-electron chi connectivity index (χ0n) is 10.1. The van der Waals surface area contributed by atoms with Crippen molar-refractivity contribution in [2.45, 2.75) is 26.1 Å². The third-order valence-electron chi connectivity index (χ3n) is 2.75. The highest BCUT2D eigenvalue weighted by Crippen LogP contribution is 2.29. The lowest BCUT2D eigenvalue weighted by atomic mass is 10.2. The molecule has 0 radical (unpaired) electrons. The molecule has 0 aliphatic carbocycles. The fourth-order valence-corrected chi connectivity index (χ4v) is 1.65. The summed E-state index contributed by atoms with van der Waals surface area (Å²) >= 11 is 0. The van der Waals surface area contributed by atoms with Gasteiger partial charge in [0.25, 0.3) is 0 Å². The zero-order valence-corrected chi connectivity index (χ0v) is 10.1. The molecule has 0 aliphatic heterocycles. The molecule has 2 rings (SSSR count). The summed E-state index contributed by atoms with van der Waals surface area (Å²) < 4.78 is 41.0. The lowest BCUT2D eigenvalue weighted by Crippen LogP contribution is -2.33. The molecule has 96 valence electrons. The molecule has 1 aromatic heterocycles. The van der Waals surface area contributed by atoms with E-state index in [9.17, 15) is 13.2 Å². The van der Waals surface area contributed by atoms with Crippen LogP contribution in [-0.2, 0) is 6.18 Å². The van der Waals surface area contributed by atoms with Crippen molar-refractivity contribution in [3.05, 3.63) is 48.5 Å². The first kappa shape index (κ1) is 12.7. The van der Waals surface area contributed by atoms with E-state index < -0.39 is 11.7 Å². The summed E-state index contributed by atoms with van der Waals surface area (Å²) in [7, 11) is 0. The van der Waals surface area contributed by atoms with Crippen molar-refractivity contribution in [1.82, 2.24) is 4.57 Å². The first-order valence-corrected chi connectivity index (χ1v) is 5.64. The van der Waals surface area contributed by atoms with Gasteiger partial charge < -0.3 is 0 Å². The zero-order chi connectivity index (χ0) is 13.3. The summed E-state index contributed by atoms with van der Waals surface area (Å²) in [4.78, 5) is 0. The van der Waals surface area contributed by atoms with Crippen molar-refractivity contribution < 1.29 is 17.7 Å². The Balaban J connectivity index is 2.29. The van der Waals surface area contributed by atoms with Gasteiger partial charge in [0, 0.05) is 0 Å². The molecule has 2 aromatic rings. The van der Waals surface area contributed by atoms with E-state index in [0.717, 1.165) is 12.1 Å². The Kier molecular flexibility index (Phi) is 3.15. The van der Waals surface area contributed by atoms with Crippen LogP contribution in [0.4, 0.5) is 13.2 Å². The number of hydrogen-bond donors (Lipinski definition) is 0. The first-order chi connectivity index (χ1) is 8.38. The van der Waals surface area contributed by atoms with Gasteiger partial charge in [0.15, 0.2) is 0 Å². The van der Waals surface area contributed by atoms with Crippen LogP contribution in [-0.4, -0.2) is 4.57 Å². The highest BCUT2D eigenvalue weighted by Gasteiger charge is 2.30. The smallest absolute Gasteiger partial charge is 0.234 e. The third-order valence-corrected chi connectivity index (χ3v) is 2.75. The Hall–Kier alpha value is -1.78. The largest absolute Gasteiger partial charge is 0.416 e. The highest BCUT2D eigenvalue weighted by molar-refractivity contribution is 5.35. The van der Waals surface area contributed by atoms with Crippen molar-refractivity contribution in [2.75, 3.05) is 0 Å². The molecule has 0 spiro atoms. The van der Waals surface area contributed by atoms with Crippen LogP contribution >= 0.6 is 0 Å². The minimum atomic E-state index is -4.28. The van der Waals surface area contributed by atoms with Gasteiger partial charge in [-0.05, 0) is 38.1 Å². The van der Waals surface area contributed by atoms with E-state index in [1.165, 1.54) is 12.1 Å². The maximum atomic E-state index is 12.4. The average molecular weight is 255 g/mol. The van der Waals surface area contributed by atoms with Gasteiger partial charge in [0.1, 0.15) is 18.1 Å². The molecule has 0 unspecified atom stereocenters. The number of hydrogen-bond acceptors (Lipinski definition) is 0. The lowest BCUT2D eigenvalue weighted by molar-refractivity contribution is -0.715. The number of benzene rings is 1. The number of aromatic nitrogens is 2. The molecule has 5 heteroatoms. The molecule has 0 bridgehead atoms. The summed E-state index contributed by atoms with van der Waals surface area (Å²) in [5.74, 6) is 0. The molecule has 0 amide bonds. The van der Waals surface area contributed by atoms with E-state index in [2.05, 4.69) is 0 Å². The van der Waals surface area contributed by atoms with Crippen LogP contribution in [0.15, 0.2) is 43.0 Å². The molecule has 0 saturated carbocycles. The van der Waals surface area contributed by atoms with Crippen LogP contribution in [0, 0.1) is 0 Å². The van der Waals surface area contributed by atoms with Gasteiger partial charge in [-0.25, -0.2) is 9.13 Å². The maximum absolute atomic E-state index is 12.4. The van der Waals surface area contributed by atoms with E-state index in [4.69, 9.17) is 0 Å². The second kappa shape index (κ2) is 4.48. The topological polar surface area (TPSA) is 8.81 Å². The molecule has 0 atom stereocenters. The van der Waals surface area contributed by atoms with E-state index in [1.54, 1.807) is 4.57 Å². The van der Waals surface area contributed by atoms with Crippen molar-refractivity contribution in [3.8, 4) is 5.69 Å². The summed E-state index contributed by atoms with van der Waals surface area (Å²) in [5.41, 5.74) is 0.0811. The number of imidazole rings is 1. The van der Waals surface area contributed by atoms with Crippen LogP contribution in [0.5, 0.6) is 0 Å². The Bertz CT molecular complexity index is 524. The molecular weight excluding hydrogens is 241 g/mol. The van der Waals surface area contributed by atoms with Gasteiger partial charge in [-0.2, -0.15) is 13.2 Å². The van der Waals surface area contributed by atoms with Crippen LogP contribution in [0.25, 0.3) is 5.69 Å². The number of halogens is 3. The Morgan fingerprint density at radius 2 is 1.72 bits per heavy atom. The summed E-state index contributed by atoms with van der Waals surface area (Å²) in [6.45, 7) is 4.08. The predicted octanol–water partition coefficient (Wildman–Crippen LogP) is 3.36. The second-order valence-electron chi connectivity index (χ2n) is 4.41. The van der Waals surface area contributed by atoms with E-state index in [0.29, 0.717) is 11.7 Å². The Labute approximate surface area is 103 Å².